The van der Waals surface area contributed by atoms with E-state index in [1.54, 1.807) is 0 Å². The summed E-state index contributed by atoms with van der Waals surface area (Å²) in [6.45, 7) is 2.11. The molecule has 1 N–H and O–H groups in total. The van der Waals surface area contributed by atoms with E-state index in [4.69, 9.17) is 0 Å². The van der Waals surface area contributed by atoms with Gasteiger partial charge in [0.05, 0.1) is 0 Å². The Morgan fingerprint density at radius 2 is 2.11 bits per heavy atom. The standard InChI is InChI=1S/C15H17BrN2/c1-11-9-12(6-7-14(11)16)15(17-2)10-13-5-3-4-8-18-13/h3-9,15,17H,10H2,1-2H3. The molecule has 0 spiro atoms. The molecule has 3 heteroatoms. The van der Waals surface area contributed by atoms with Gasteiger partial charge in [0.1, 0.15) is 0 Å². The summed E-state index contributed by atoms with van der Waals surface area (Å²) in [6.07, 6.45) is 2.74. The number of benzene rings is 1. The van der Waals surface area contributed by atoms with Crippen LogP contribution < -0.4 is 5.32 Å². The molecule has 1 unspecified atom stereocenters. The maximum absolute atomic E-state index is 4.38. The number of halogens is 1. The largest absolute Gasteiger partial charge is 0.313 e. The second-order valence-corrected chi connectivity index (χ2v) is 5.23. The van der Waals surface area contributed by atoms with Crippen LogP contribution >= 0.6 is 15.9 Å². The molecule has 0 bridgehead atoms. The Bertz CT molecular complexity index is 511. The zero-order chi connectivity index (χ0) is 13.0. The molecule has 0 aliphatic carbocycles. The molecule has 1 atom stereocenters. The highest BCUT2D eigenvalue weighted by Crippen LogP contribution is 2.23. The first-order valence-corrected chi connectivity index (χ1v) is 6.83. The SMILES string of the molecule is CNC(Cc1ccccn1)c1ccc(Br)c(C)c1. The topological polar surface area (TPSA) is 24.9 Å². The average molecular weight is 305 g/mol. The lowest BCUT2D eigenvalue weighted by Gasteiger charge is -2.17. The molecule has 0 saturated heterocycles. The van der Waals surface area contributed by atoms with E-state index >= 15 is 0 Å². The molecule has 2 rings (SSSR count). The van der Waals surface area contributed by atoms with Crippen LogP contribution in [0.2, 0.25) is 0 Å². The summed E-state index contributed by atoms with van der Waals surface area (Å²) in [5.74, 6) is 0. The molecule has 1 heterocycles. The molecule has 18 heavy (non-hydrogen) atoms. The van der Waals surface area contributed by atoms with Gasteiger partial charge in [0.25, 0.3) is 0 Å². The van der Waals surface area contributed by atoms with Crippen LogP contribution in [-0.4, -0.2) is 12.0 Å². The highest BCUT2D eigenvalue weighted by atomic mass is 79.9. The van der Waals surface area contributed by atoms with Gasteiger partial charge in [-0.25, -0.2) is 0 Å². The van der Waals surface area contributed by atoms with Gasteiger partial charge in [0, 0.05) is 28.8 Å². The third kappa shape index (κ3) is 3.18. The molecule has 0 saturated carbocycles. The molecular formula is C15H17BrN2. The third-order valence-corrected chi connectivity index (χ3v) is 3.96. The summed E-state index contributed by atoms with van der Waals surface area (Å²) >= 11 is 3.53. The summed E-state index contributed by atoms with van der Waals surface area (Å²) in [4.78, 5) is 4.38. The predicted molar refractivity (Wildman–Crippen MR) is 78.6 cm³/mol. The molecule has 0 aliphatic heterocycles. The number of nitrogens with zero attached hydrogens (tertiary/aromatic N) is 1. The highest BCUT2D eigenvalue weighted by Gasteiger charge is 2.11. The Balaban J connectivity index is 2.20. The van der Waals surface area contributed by atoms with E-state index in [2.05, 4.69) is 57.4 Å². The minimum Gasteiger partial charge on any atom is -0.313 e. The monoisotopic (exact) mass is 304 g/mol. The second kappa shape index (κ2) is 6.12. The van der Waals surface area contributed by atoms with Crippen LogP contribution in [0.3, 0.4) is 0 Å². The first kappa shape index (κ1) is 13.2. The normalized spacial score (nSPS) is 12.4. The lowest BCUT2D eigenvalue weighted by atomic mass is 10.00. The van der Waals surface area contributed by atoms with E-state index in [1.807, 2.05) is 25.4 Å². The van der Waals surface area contributed by atoms with Crippen molar-refractivity contribution in [1.82, 2.24) is 10.3 Å². The predicted octanol–water partition coefficient (Wildman–Crippen LogP) is 3.66. The van der Waals surface area contributed by atoms with Crippen LogP contribution in [0.5, 0.6) is 0 Å². The minimum absolute atomic E-state index is 0.298. The van der Waals surface area contributed by atoms with E-state index < -0.39 is 0 Å². The molecule has 2 nitrogen and oxygen atoms in total. The molecule has 1 aromatic heterocycles. The van der Waals surface area contributed by atoms with Crippen molar-refractivity contribution in [2.24, 2.45) is 0 Å². The zero-order valence-electron chi connectivity index (χ0n) is 10.7. The van der Waals surface area contributed by atoms with Crippen molar-refractivity contribution in [3.8, 4) is 0 Å². The Hall–Kier alpha value is -1.19. The lowest BCUT2D eigenvalue weighted by molar-refractivity contribution is 0.584. The first-order valence-electron chi connectivity index (χ1n) is 6.04. The number of hydrogen-bond donors (Lipinski definition) is 1. The van der Waals surface area contributed by atoms with E-state index in [-0.39, 0.29) is 0 Å². The maximum Gasteiger partial charge on any atom is 0.0422 e. The molecule has 0 radical (unpaired) electrons. The van der Waals surface area contributed by atoms with Crippen molar-refractivity contribution < 1.29 is 0 Å². The van der Waals surface area contributed by atoms with Crippen molar-refractivity contribution in [3.63, 3.8) is 0 Å². The molecule has 94 valence electrons. The number of aromatic nitrogens is 1. The summed E-state index contributed by atoms with van der Waals surface area (Å²) in [5.41, 5.74) is 3.66. The number of nitrogens with one attached hydrogen (secondary N) is 1. The summed E-state index contributed by atoms with van der Waals surface area (Å²) < 4.78 is 1.15. The fourth-order valence-electron chi connectivity index (χ4n) is 2.00. The van der Waals surface area contributed by atoms with E-state index in [0.717, 1.165) is 16.6 Å². The summed E-state index contributed by atoms with van der Waals surface area (Å²) in [7, 11) is 1.99. The summed E-state index contributed by atoms with van der Waals surface area (Å²) in [6, 6.07) is 12.8. The van der Waals surface area contributed by atoms with Crippen molar-refractivity contribution in [2.75, 3.05) is 7.05 Å². The van der Waals surface area contributed by atoms with Gasteiger partial charge in [-0.05, 0) is 43.3 Å². The Labute approximate surface area is 117 Å². The first-order chi connectivity index (χ1) is 8.70. The fourth-order valence-corrected chi connectivity index (χ4v) is 2.25. The third-order valence-electron chi connectivity index (χ3n) is 3.07. The minimum atomic E-state index is 0.298. The van der Waals surface area contributed by atoms with Crippen LogP contribution in [0, 0.1) is 6.92 Å². The van der Waals surface area contributed by atoms with Gasteiger partial charge < -0.3 is 5.32 Å². The summed E-state index contributed by atoms with van der Waals surface area (Å²) in [5, 5.41) is 3.36. The van der Waals surface area contributed by atoms with Gasteiger partial charge in [-0.1, -0.05) is 34.1 Å². The highest BCUT2D eigenvalue weighted by molar-refractivity contribution is 9.10. The quantitative estimate of drug-likeness (QED) is 0.932. The Morgan fingerprint density at radius 3 is 2.72 bits per heavy atom. The van der Waals surface area contributed by atoms with Crippen LogP contribution in [0.25, 0.3) is 0 Å². The molecule has 1 aromatic carbocycles. The van der Waals surface area contributed by atoms with Crippen molar-refractivity contribution >= 4 is 15.9 Å². The van der Waals surface area contributed by atoms with Crippen LogP contribution in [0.1, 0.15) is 22.9 Å². The zero-order valence-corrected chi connectivity index (χ0v) is 12.2. The molecule has 0 amide bonds. The van der Waals surface area contributed by atoms with Gasteiger partial charge in [-0.2, -0.15) is 0 Å². The van der Waals surface area contributed by atoms with Gasteiger partial charge in [0.2, 0.25) is 0 Å². The second-order valence-electron chi connectivity index (χ2n) is 4.38. The fraction of sp³-hybridized carbons (Fsp3) is 0.267. The van der Waals surface area contributed by atoms with Crippen LogP contribution in [0.4, 0.5) is 0 Å². The van der Waals surface area contributed by atoms with Gasteiger partial charge in [-0.15, -0.1) is 0 Å². The van der Waals surface area contributed by atoms with Crippen molar-refractivity contribution in [2.45, 2.75) is 19.4 Å². The number of rotatable bonds is 4. The number of likely N-dealkylation sites (N-methyl/N-ethyl adjacent to an activating group) is 1. The average Bonchev–Trinajstić information content (AvgIpc) is 2.40. The smallest absolute Gasteiger partial charge is 0.0422 e. The number of hydrogen-bond acceptors (Lipinski definition) is 2. The van der Waals surface area contributed by atoms with E-state index in [9.17, 15) is 0 Å². The van der Waals surface area contributed by atoms with E-state index in [0.29, 0.717) is 6.04 Å². The van der Waals surface area contributed by atoms with Gasteiger partial charge in [0.15, 0.2) is 0 Å². The van der Waals surface area contributed by atoms with Crippen LogP contribution in [-0.2, 0) is 6.42 Å². The van der Waals surface area contributed by atoms with Gasteiger partial charge >= 0.3 is 0 Å². The molecular weight excluding hydrogens is 288 g/mol. The Kier molecular flexibility index (Phi) is 4.50. The molecule has 0 fully saturated rings. The molecule has 2 aromatic rings. The van der Waals surface area contributed by atoms with Crippen molar-refractivity contribution in [1.29, 1.82) is 0 Å². The molecule has 0 aliphatic rings. The van der Waals surface area contributed by atoms with E-state index in [1.165, 1.54) is 11.1 Å². The van der Waals surface area contributed by atoms with Gasteiger partial charge in [-0.3, -0.25) is 4.98 Å². The number of aryl methyl sites for hydroxylation is 1. The van der Waals surface area contributed by atoms with Crippen molar-refractivity contribution in [3.05, 3.63) is 63.9 Å². The van der Waals surface area contributed by atoms with Crippen LogP contribution in [0.15, 0.2) is 47.1 Å². The Morgan fingerprint density at radius 1 is 1.28 bits per heavy atom. The maximum atomic E-state index is 4.38. The number of pyridine rings is 1. The lowest BCUT2D eigenvalue weighted by Crippen LogP contribution is -2.19.